The molecular weight excluding hydrogens is 476 g/mol. The van der Waals surface area contributed by atoms with Crippen molar-refractivity contribution >= 4 is 29.5 Å². The lowest BCUT2D eigenvalue weighted by Crippen LogP contribution is -2.47. The number of hydrogen-bond acceptors (Lipinski definition) is 7. The van der Waals surface area contributed by atoms with Gasteiger partial charge >= 0.3 is 0 Å². The number of hydrogen-bond donors (Lipinski definition) is 3. The van der Waals surface area contributed by atoms with Gasteiger partial charge in [0, 0.05) is 30.9 Å². The molecule has 0 aromatic heterocycles. The van der Waals surface area contributed by atoms with Gasteiger partial charge in [0.05, 0.1) is 23.2 Å². The molecule has 0 radical (unpaired) electrons. The molecule has 0 spiro atoms. The van der Waals surface area contributed by atoms with Crippen molar-refractivity contribution in [2.75, 3.05) is 39.3 Å². The summed E-state index contributed by atoms with van der Waals surface area (Å²) >= 11 is 1.60. The molecule has 2 aliphatic rings. The van der Waals surface area contributed by atoms with Gasteiger partial charge in [0.15, 0.2) is 0 Å². The number of nitriles is 1. The van der Waals surface area contributed by atoms with Crippen LogP contribution in [-0.4, -0.2) is 83.0 Å². The first-order valence-electron chi connectivity index (χ1n) is 13.0. The fourth-order valence-electron chi connectivity index (χ4n) is 4.49. The number of thioether (sulfide) groups is 1. The molecule has 0 aromatic carbocycles. The van der Waals surface area contributed by atoms with Crippen molar-refractivity contribution in [3.63, 3.8) is 0 Å². The number of amides is 3. The lowest BCUT2D eigenvalue weighted by molar-refractivity contribution is -0.129. The van der Waals surface area contributed by atoms with E-state index in [1.165, 1.54) is 0 Å². The van der Waals surface area contributed by atoms with E-state index in [1.54, 1.807) is 11.8 Å². The minimum Gasteiger partial charge on any atom is -0.355 e. The van der Waals surface area contributed by atoms with Crippen molar-refractivity contribution in [1.29, 1.82) is 5.26 Å². The van der Waals surface area contributed by atoms with E-state index in [9.17, 15) is 19.6 Å². The van der Waals surface area contributed by atoms with Crippen LogP contribution in [0.15, 0.2) is 23.9 Å². The van der Waals surface area contributed by atoms with Gasteiger partial charge in [-0.25, -0.2) is 0 Å². The van der Waals surface area contributed by atoms with Crippen LogP contribution in [0.25, 0.3) is 0 Å². The van der Waals surface area contributed by atoms with E-state index in [0.717, 1.165) is 25.2 Å². The first-order valence-corrected chi connectivity index (χ1v) is 13.9. The molecule has 200 valence electrons. The Hall–Kier alpha value is -2.35. The van der Waals surface area contributed by atoms with Gasteiger partial charge in [0.25, 0.3) is 0 Å². The summed E-state index contributed by atoms with van der Waals surface area (Å²) in [5.41, 5.74) is 0.381. The van der Waals surface area contributed by atoms with Crippen molar-refractivity contribution in [2.24, 2.45) is 5.92 Å². The Labute approximate surface area is 220 Å². The molecule has 0 bridgehead atoms. The Bertz CT molecular complexity index is 881. The number of allylic oxidation sites excluding steroid dienone is 1. The van der Waals surface area contributed by atoms with Crippen molar-refractivity contribution in [2.45, 2.75) is 70.0 Å². The van der Waals surface area contributed by atoms with Crippen LogP contribution < -0.4 is 16.0 Å². The molecule has 1 aliphatic carbocycles. The van der Waals surface area contributed by atoms with Crippen LogP contribution in [0.2, 0.25) is 0 Å². The number of rotatable bonds is 14. The second-order valence-electron chi connectivity index (χ2n) is 9.37. The van der Waals surface area contributed by atoms with E-state index in [4.69, 9.17) is 0 Å². The Morgan fingerprint density at radius 2 is 2.03 bits per heavy atom. The molecule has 2 rings (SSSR count). The highest BCUT2D eigenvalue weighted by atomic mass is 32.2. The molecule has 0 saturated carbocycles. The van der Waals surface area contributed by atoms with Crippen molar-refractivity contribution in [1.82, 2.24) is 25.8 Å². The van der Waals surface area contributed by atoms with Gasteiger partial charge in [-0.15, -0.1) is 11.8 Å². The molecule has 1 saturated heterocycles. The quantitative estimate of drug-likeness (QED) is 0.322. The third-order valence-electron chi connectivity index (χ3n) is 6.64. The minimum absolute atomic E-state index is 0.0369. The predicted octanol–water partition coefficient (Wildman–Crippen LogP) is 1.98. The highest BCUT2D eigenvalue weighted by Gasteiger charge is 2.40. The second kappa shape index (κ2) is 14.4. The smallest absolute Gasteiger partial charge is 0.238 e. The molecule has 1 aliphatic heterocycles. The predicted molar refractivity (Wildman–Crippen MR) is 144 cm³/mol. The number of carbonyl (C=O) groups is 3. The maximum atomic E-state index is 13.1. The van der Waals surface area contributed by atoms with E-state index >= 15 is 0 Å². The molecule has 1 heterocycles. The van der Waals surface area contributed by atoms with Crippen LogP contribution in [0.3, 0.4) is 0 Å². The monoisotopic (exact) mass is 518 g/mol. The Morgan fingerprint density at radius 3 is 2.64 bits per heavy atom. The summed E-state index contributed by atoms with van der Waals surface area (Å²) in [6.07, 6.45) is 7.76. The van der Waals surface area contributed by atoms with Crippen LogP contribution in [0.4, 0.5) is 0 Å². The van der Waals surface area contributed by atoms with Gasteiger partial charge in [-0.1, -0.05) is 19.9 Å². The average Bonchev–Trinajstić information content (AvgIpc) is 3.16. The number of nitrogens with one attached hydrogen (secondary N) is 3. The molecule has 10 heteroatoms. The third kappa shape index (κ3) is 8.36. The lowest BCUT2D eigenvalue weighted by Gasteiger charge is -2.31. The zero-order valence-electron chi connectivity index (χ0n) is 22.3. The van der Waals surface area contributed by atoms with Gasteiger partial charge in [0.1, 0.15) is 5.92 Å². The largest absolute Gasteiger partial charge is 0.355 e. The highest BCUT2D eigenvalue weighted by Crippen LogP contribution is 2.35. The summed E-state index contributed by atoms with van der Waals surface area (Å²) in [6, 6.07) is 2.09. The van der Waals surface area contributed by atoms with Gasteiger partial charge in [-0.2, -0.15) is 5.26 Å². The molecule has 3 amide bonds. The van der Waals surface area contributed by atoms with E-state index in [1.807, 2.05) is 50.8 Å². The van der Waals surface area contributed by atoms with Gasteiger partial charge in [-0.3, -0.25) is 19.3 Å². The Balaban J connectivity index is 1.95. The minimum atomic E-state index is -0.704. The third-order valence-corrected chi connectivity index (χ3v) is 8.15. The summed E-state index contributed by atoms with van der Waals surface area (Å²) in [5, 5.41) is 18.3. The van der Waals surface area contributed by atoms with E-state index in [2.05, 4.69) is 33.8 Å². The molecule has 1 fully saturated rings. The summed E-state index contributed by atoms with van der Waals surface area (Å²) in [7, 11) is 0. The molecule has 9 nitrogen and oxygen atoms in total. The molecule has 0 aromatic rings. The molecule has 4 atom stereocenters. The first kappa shape index (κ1) is 29.9. The van der Waals surface area contributed by atoms with Crippen LogP contribution in [0.5, 0.6) is 0 Å². The van der Waals surface area contributed by atoms with Crippen molar-refractivity contribution in [3.8, 4) is 6.07 Å². The zero-order valence-corrected chi connectivity index (χ0v) is 23.1. The topological polar surface area (TPSA) is 118 Å². The highest BCUT2D eigenvalue weighted by molar-refractivity contribution is 8.01. The van der Waals surface area contributed by atoms with Crippen molar-refractivity contribution < 1.29 is 14.4 Å². The Morgan fingerprint density at radius 1 is 1.31 bits per heavy atom. The first-order chi connectivity index (χ1) is 17.2. The number of likely N-dealkylation sites (N-methyl/N-ethyl adjacent to an activating group) is 1. The standard InChI is InChI=1S/C26H42N6O3S/c1-6-28-24(34)19(16-27)12-13-23-32(9-4)25(35)21(36-23)17-29-26(5)14-10-11-20(15-26)30-22(33)18-31(7-2)8-3/h10-11,15,19,21,23,29H,6-9,12-14,17-18H2,1-5H3,(H,28,34)(H,30,33). The SMILES string of the molecule is CCNC(=O)C(C#N)CCC1SC(CNC2(C)C=C(NC(=O)CN(CC)CC)C=CC2)C(=O)N1CC. The zero-order chi connectivity index (χ0) is 26.7. The van der Waals surface area contributed by atoms with Gasteiger partial charge in [0.2, 0.25) is 17.7 Å². The van der Waals surface area contributed by atoms with Gasteiger partial charge < -0.3 is 20.9 Å². The van der Waals surface area contributed by atoms with Crippen molar-refractivity contribution in [3.05, 3.63) is 23.9 Å². The second-order valence-corrected chi connectivity index (χ2v) is 10.8. The van der Waals surface area contributed by atoms with Crippen LogP contribution in [-0.2, 0) is 14.4 Å². The van der Waals surface area contributed by atoms with E-state index < -0.39 is 5.92 Å². The van der Waals surface area contributed by atoms with Crippen LogP contribution in [0.1, 0.15) is 53.9 Å². The fraction of sp³-hybridized carbons (Fsp3) is 0.692. The fourth-order valence-corrected chi connectivity index (χ4v) is 5.97. The summed E-state index contributed by atoms with van der Waals surface area (Å²) in [5.74, 6) is -0.908. The lowest BCUT2D eigenvalue weighted by atomic mass is 9.92. The normalized spacial score (nSPS) is 24.4. The summed E-state index contributed by atoms with van der Waals surface area (Å²) in [4.78, 5) is 41.5. The Kier molecular flexibility index (Phi) is 12.0. The number of carbonyl (C=O) groups excluding carboxylic acids is 3. The molecular formula is C26H42N6O3S. The van der Waals surface area contributed by atoms with Crippen LogP contribution >= 0.6 is 11.8 Å². The molecule has 36 heavy (non-hydrogen) atoms. The maximum Gasteiger partial charge on any atom is 0.238 e. The average molecular weight is 519 g/mol. The van der Waals surface area contributed by atoms with E-state index in [0.29, 0.717) is 39.0 Å². The molecule has 4 unspecified atom stereocenters. The molecule has 3 N–H and O–H groups in total. The maximum absolute atomic E-state index is 13.1. The summed E-state index contributed by atoms with van der Waals surface area (Å²) < 4.78 is 0. The van der Waals surface area contributed by atoms with E-state index in [-0.39, 0.29) is 33.9 Å². The number of nitrogens with zero attached hydrogens (tertiary/aromatic N) is 3. The summed E-state index contributed by atoms with van der Waals surface area (Å²) in [6.45, 7) is 13.5. The van der Waals surface area contributed by atoms with Crippen LogP contribution in [0, 0.1) is 17.2 Å². The van der Waals surface area contributed by atoms with Gasteiger partial charge in [-0.05, 0) is 65.3 Å².